The number of benzene rings is 2. The first-order chi connectivity index (χ1) is 14.9. The lowest BCUT2D eigenvalue weighted by Crippen LogP contribution is -2.40. The van der Waals surface area contributed by atoms with Crippen molar-refractivity contribution in [1.82, 2.24) is 4.57 Å². The minimum absolute atomic E-state index is 0.212. The molecular formula is C23H18Cl2N2O3S. The molecule has 1 aromatic heterocycles. The molecule has 4 rings (SSSR count). The predicted molar refractivity (Wildman–Crippen MR) is 123 cm³/mol. The van der Waals surface area contributed by atoms with Crippen LogP contribution >= 0.6 is 34.5 Å². The molecule has 8 heteroatoms. The van der Waals surface area contributed by atoms with E-state index in [-0.39, 0.29) is 12.2 Å². The number of halogens is 2. The van der Waals surface area contributed by atoms with Crippen molar-refractivity contribution in [2.24, 2.45) is 4.99 Å². The third kappa shape index (κ3) is 4.11. The van der Waals surface area contributed by atoms with Gasteiger partial charge in [0.15, 0.2) is 4.80 Å². The summed E-state index contributed by atoms with van der Waals surface area (Å²) in [4.78, 5) is 31.3. The average Bonchev–Trinajstić information content (AvgIpc) is 3.02. The van der Waals surface area contributed by atoms with Crippen LogP contribution in [-0.2, 0) is 9.53 Å². The van der Waals surface area contributed by atoms with Gasteiger partial charge >= 0.3 is 5.97 Å². The smallest absolute Gasteiger partial charge is 0.338 e. The molecular weight excluding hydrogens is 455 g/mol. The van der Waals surface area contributed by atoms with Crippen molar-refractivity contribution < 1.29 is 9.53 Å². The van der Waals surface area contributed by atoms with Crippen LogP contribution in [0.2, 0.25) is 10.0 Å². The number of ether oxygens (including phenoxy) is 1. The van der Waals surface area contributed by atoms with Crippen LogP contribution in [0.3, 0.4) is 0 Å². The number of hydrogen-bond acceptors (Lipinski definition) is 5. The molecule has 0 saturated carbocycles. The van der Waals surface area contributed by atoms with Gasteiger partial charge in [-0.1, -0.05) is 64.9 Å². The zero-order chi connectivity index (χ0) is 22.1. The van der Waals surface area contributed by atoms with Crippen molar-refractivity contribution in [3.63, 3.8) is 0 Å². The second kappa shape index (κ2) is 8.83. The summed E-state index contributed by atoms with van der Waals surface area (Å²) >= 11 is 13.8. The van der Waals surface area contributed by atoms with Crippen LogP contribution in [0.25, 0.3) is 6.08 Å². The van der Waals surface area contributed by atoms with Gasteiger partial charge in [0.05, 0.1) is 22.4 Å². The Balaban J connectivity index is 1.99. The summed E-state index contributed by atoms with van der Waals surface area (Å²) in [7, 11) is 0. The van der Waals surface area contributed by atoms with Gasteiger partial charge in [-0.05, 0) is 49.2 Å². The number of thiazole rings is 1. The number of rotatable bonds is 4. The van der Waals surface area contributed by atoms with E-state index in [0.29, 0.717) is 36.2 Å². The Hall–Kier alpha value is -2.67. The third-order valence-electron chi connectivity index (χ3n) is 4.86. The van der Waals surface area contributed by atoms with Crippen molar-refractivity contribution in [3.8, 4) is 0 Å². The van der Waals surface area contributed by atoms with E-state index >= 15 is 0 Å². The summed E-state index contributed by atoms with van der Waals surface area (Å²) in [6, 6.07) is 13.7. The predicted octanol–water partition coefficient (Wildman–Crippen LogP) is 4.11. The highest BCUT2D eigenvalue weighted by Crippen LogP contribution is 2.34. The number of aromatic nitrogens is 1. The summed E-state index contributed by atoms with van der Waals surface area (Å²) in [5.74, 6) is -0.516. The first kappa shape index (κ1) is 21.6. The number of fused-ring (bicyclic) bond motifs is 1. The Labute approximate surface area is 192 Å². The Morgan fingerprint density at radius 3 is 2.71 bits per heavy atom. The maximum Gasteiger partial charge on any atom is 0.338 e. The van der Waals surface area contributed by atoms with E-state index in [9.17, 15) is 9.59 Å². The van der Waals surface area contributed by atoms with Gasteiger partial charge < -0.3 is 4.74 Å². The maximum absolute atomic E-state index is 13.5. The first-order valence-corrected chi connectivity index (χ1v) is 11.2. The number of esters is 1. The fraction of sp³-hybridized carbons (Fsp3) is 0.174. The number of allylic oxidation sites excluding steroid dienone is 1. The fourth-order valence-electron chi connectivity index (χ4n) is 3.53. The van der Waals surface area contributed by atoms with Crippen LogP contribution in [0, 0.1) is 0 Å². The Morgan fingerprint density at radius 1 is 1.23 bits per heavy atom. The van der Waals surface area contributed by atoms with Gasteiger partial charge in [-0.25, -0.2) is 9.79 Å². The van der Waals surface area contributed by atoms with Gasteiger partial charge in [-0.3, -0.25) is 9.36 Å². The summed E-state index contributed by atoms with van der Waals surface area (Å²) < 4.78 is 7.28. The van der Waals surface area contributed by atoms with Crippen LogP contribution < -0.4 is 14.9 Å². The van der Waals surface area contributed by atoms with E-state index in [4.69, 9.17) is 27.9 Å². The fourth-order valence-corrected chi connectivity index (χ4v) is 5.01. The average molecular weight is 473 g/mol. The molecule has 0 aliphatic carbocycles. The molecule has 0 spiro atoms. The Morgan fingerprint density at radius 2 is 2.00 bits per heavy atom. The minimum atomic E-state index is -0.731. The topological polar surface area (TPSA) is 60.7 Å². The van der Waals surface area contributed by atoms with E-state index in [1.807, 2.05) is 18.2 Å². The number of carbonyl (C=O) groups excluding carboxylic acids is 1. The Kier molecular flexibility index (Phi) is 6.14. The largest absolute Gasteiger partial charge is 0.463 e. The van der Waals surface area contributed by atoms with Crippen LogP contribution in [0.4, 0.5) is 0 Å². The van der Waals surface area contributed by atoms with Gasteiger partial charge in [-0.15, -0.1) is 0 Å². The Bertz CT molecular complexity index is 1390. The lowest BCUT2D eigenvalue weighted by atomic mass is 9.96. The van der Waals surface area contributed by atoms with Crippen LogP contribution in [-0.4, -0.2) is 17.1 Å². The molecule has 0 unspecified atom stereocenters. The second-order valence-electron chi connectivity index (χ2n) is 6.88. The molecule has 2 heterocycles. The molecule has 1 aliphatic rings. The highest BCUT2D eigenvalue weighted by atomic mass is 35.5. The lowest BCUT2D eigenvalue weighted by Gasteiger charge is -2.25. The summed E-state index contributed by atoms with van der Waals surface area (Å²) in [6.45, 7) is 3.69. The van der Waals surface area contributed by atoms with E-state index < -0.39 is 12.0 Å². The van der Waals surface area contributed by atoms with Gasteiger partial charge in [0.25, 0.3) is 5.56 Å². The van der Waals surface area contributed by atoms with E-state index in [0.717, 1.165) is 5.56 Å². The molecule has 3 aromatic rings. The van der Waals surface area contributed by atoms with Crippen LogP contribution in [0.1, 0.15) is 31.0 Å². The van der Waals surface area contributed by atoms with Crippen LogP contribution in [0.15, 0.2) is 69.6 Å². The minimum Gasteiger partial charge on any atom is -0.463 e. The highest BCUT2D eigenvalue weighted by Gasteiger charge is 2.34. The SMILES string of the molecule is CCOC(=O)C1=C(C)N=c2s/c(=C\c3cccc(Cl)c3)c(=O)n2[C@@H]1c1ccccc1Cl. The molecule has 158 valence electrons. The second-order valence-corrected chi connectivity index (χ2v) is 8.73. The van der Waals surface area contributed by atoms with Crippen molar-refractivity contribution in [2.45, 2.75) is 19.9 Å². The van der Waals surface area contributed by atoms with E-state index in [1.54, 1.807) is 50.3 Å². The molecule has 0 fully saturated rings. The van der Waals surface area contributed by atoms with Crippen LogP contribution in [0.5, 0.6) is 0 Å². The summed E-state index contributed by atoms with van der Waals surface area (Å²) in [5.41, 5.74) is 1.98. The van der Waals surface area contributed by atoms with Crippen molar-refractivity contribution >= 4 is 46.6 Å². The molecule has 0 bridgehead atoms. The zero-order valence-corrected chi connectivity index (χ0v) is 19.1. The van der Waals surface area contributed by atoms with E-state index in [1.165, 1.54) is 15.9 Å². The molecule has 0 radical (unpaired) electrons. The molecule has 0 N–H and O–H groups in total. The third-order valence-corrected chi connectivity index (χ3v) is 6.43. The number of hydrogen-bond donors (Lipinski definition) is 0. The molecule has 0 amide bonds. The quantitative estimate of drug-likeness (QED) is 0.536. The molecule has 1 aliphatic heterocycles. The highest BCUT2D eigenvalue weighted by molar-refractivity contribution is 7.07. The van der Waals surface area contributed by atoms with Gasteiger partial charge in [0.1, 0.15) is 6.04 Å². The summed E-state index contributed by atoms with van der Waals surface area (Å²) in [5, 5.41) is 1.03. The van der Waals surface area contributed by atoms with Crippen molar-refractivity contribution in [1.29, 1.82) is 0 Å². The lowest BCUT2D eigenvalue weighted by molar-refractivity contribution is -0.139. The van der Waals surface area contributed by atoms with Gasteiger partial charge in [0, 0.05) is 10.0 Å². The number of carbonyl (C=O) groups is 1. The first-order valence-electron chi connectivity index (χ1n) is 9.60. The monoisotopic (exact) mass is 472 g/mol. The summed E-state index contributed by atoms with van der Waals surface area (Å²) in [6.07, 6.45) is 1.77. The molecule has 2 aromatic carbocycles. The maximum atomic E-state index is 13.5. The zero-order valence-electron chi connectivity index (χ0n) is 16.8. The normalized spacial score (nSPS) is 16.1. The van der Waals surface area contributed by atoms with Gasteiger partial charge in [0.2, 0.25) is 0 Å². The molecule has 31 heavy (non-hydrogen) atoms. The molecule has 0 saturated heterocycles. The molecule has 5 nitrogen and oxygen atoms in total. The van der Waals surface area contributed by atoms with Gasteiger partial charge in [-0.2, -0.15) is 0 Å². The molecule has 1 atom stereocenters. The van der Waals surface area contributed by atoms with E-state index in [2.05, 4.69) is 4.99 Å². The standard InChI is InChI=1S/C23H18Cl2N2O3S/c1-3-30-22(29)19-13(2)26-23-27(20(19)16-9-4-5-10-17(16)25)21(28)18(31-23)12-14-7-6-8-15(24)11-14/h4-12,20H,3H2,1-2H3/b18-12-/t20-/m1/s1. The van der Waals surface area contributed by atoms with Crippen molar-refractivity contribution in [2.75, 3.05) is 6.61 Å². The van der Waals surface area contributed by atoms with Crippen molar-refractivity contribution in [3.05, 3.63) is 101 Å². The number of nitrogens with zero attached hydrogens (tertiary/aromatic N) is 2.